The fourth-order valence-electron chi connectivity index (χ4n) is 2.53. The highest BCUT2D eigenvalue weighted by atomic mass is 16.5. The first kappa shape index (κ1) is 17.9. The molecule has 0 aliphatic rings. The van der Waals surface area contributed by atoms with E-state index in [-0.39, 0.29) is 18.6 Å². The Bertz CT molecular complexity index is 862. The van der Waals surface area contributed by atoms with Gasteiger partial charge in [0.2, 0.25) is 5.95 Å². The summed E-state index contributed by atoms with van der Waals surface area (Å²) < 4.78 is 7.04. The van der Waals surface area contributed by atoms with Crippen LogP contribution in [-0.4, -0.2) is 44.6 Å². The van der Waals surface area contributed by atoms with E-state index in [0.717, 1.165) is 22.7 Å². The Balaban J connectivity index is 1.84. The smallest absolute Gasteiger partial charge is 0.223 e. The first-order valence-electron chi connectivity index (χ1n) is 8.50. The van der Waals surface area contributed by atoms with E-state index >= 15 is 0 Å². The fourth-order valence-corrected chi connectivity index (χ4v) is 2.53. The molecule has 26 heavy (non-hydrogen) atoms. The van der Waals surface area contributed by atoms with Crippen molar-refractivity contribution in [2.75, 3.05) is 19.0 Å². The molecule has 0 saturated heterocycles. The van der Waals surface area contributed by atoms with Crippen LogP contribution in [0.4, 0.5) is 5.95 Å². The molecule has 3 rings (SSSR count). The molecule has 2 aromatic heterocycles. The number of hydrogen-bond donors (Lipinski definition) is 2. The number of aromatic nitrogens is 4. The van der Waals surface area contributed by atoms with Gasteiger partial charge in [-0.05, 0) is 24.1 Å². The molecular weight excluding hydrogens is 330 g/mol. The van der Waals surface area contributed by atoms with Gasteiger partial charge < -0.3 is 15.2 Å². The van der Waals surface area contributed by atoms with Gasteiger partial charge in [0.05, 0.1) is 37.3 Å². The molecule has 0 saturated carbocycles. The molecule has 0 fully saturated rings. The van der Waals surface area contributed by atoms with E-state index in [1.807, 2.05) is 50.4 Å². The van der Waals surface area contributed by atoms with Crippen molar-refractivity contribution in [3.8, 4) is 22.7 Å². The lowest BCUT2D eigenvalue weighted by atomic mass is 10.1. The second kappa shape index (κ2) is 7.97. The molecule has 7 nitrogen and oxygen atoms in total. The number of anilines is 1. The molecule has 1 atom stereocenters. The maximum atomic E-state index is 9.47. The molecular formula is C19H23N5O2. The lowest BCUT2D eigenvalue weighted by molar-refractivity contribution is 0.248. The Morgan fingerprint density at radius 1 is 1.27 bits per heavy atom. The third kappa shape index (κ3) is 4.00. The Morgan fingerprint density at radius 2 is 2.12 bits per heavy atom. The van der Waals surface area contributed by atoms with Crippen molar-refractivity contribution in [1.29, 1.82) is 0 Å². The second-order valence-corrected chi connectivity index (χ2v) is 6.32. The quantitative estimate of drug-likeness (QED) is 0.679. The summed E-state index contributed by atoms with van der Waals surface area (Å²) in [5.74, 6) is 1.53. The van der Waals surface area contributed by atoms with E-state index in [1.54, 1.807) is 24.2 Å². The molecule has 0 spiro atoms. The molecule has 0 unspecified atom stereocenters. The Labute approximate surface area is 152 Å². The van der Waals surface area contributed by atoms with Crippen molar-refractivity contribution in [1.82, 2.24) is 19.7 Å². The van der Waals surface area contributed by atoms with Gasteiger partial charge in [0, 0.05) is 24.0 Å². The van der Waals surface area contributed by atoms with Crippen LogP contribution in [0.5, 0.6) is 5.75 Å². The minimum Gasteiger partial charge on any atom is -0.497 e. The number of rotatable bonds is 7. The van der Waals surface area contributed by atoms with Gasteiger partial charge in [-0.3, -0.25) is 0 Å². The summed E-state index contributed by atoms with van der Waals surface area (Å²) >= 11 is 0. The van der Waals surface area contributed by atoms with Crippen LogP contribution in [0.3, 0.4) is 0 Å². The largest absolute Gasteiger partial charge is 0.497 e. The molecule has 136 valence electrons. The average molecular weight is 353 g/mol. The van der Waals surface area contributed by atoms with Gasteiger partial charge in [-0.1, -0.05) is 19.9 Å². The molecule has 0 radical (unpaired) electrons. The summed E-state index contributed by atoms with van der Waals surface area (Å²) in [4.78, 5) is 8.79. The Hall–Kier alpha value is -2.93. The number of aliphatic hydroxyl groups is 1. The van der Waals surface area contributed by atoms with Gasteiger partial charge >= 0.3 is 0 Å². The number of benzene rings is 1. The number of methoxy groups -OCH3 is 1. The van der Waals surface area contributed by atoms with Crippen LogP contribution >= 0.6 is 0 Å². The summed E-state index contributed by atoms with van der Waals surface area (Å²) in [7, 11) is 1.64. The first-order chi connectivity index (χ1) is 12.6. The Kier molecular flexibility index (Phi) is 5.48. The van der Waals surface area contributed by atoms with E-state index in [2.05, 4.69) is 20.4 Å². The first-order valence-corrected chi connectivity index (χ1v) is 8.50. The van der Waals surface area contributed by atoms with Crippen molar-refractivity contribution in [2.45, 2.75) is 19.9 Å². The SMILES string of the molecule is COc1cccc(-n2cc(-c3ccnc(N[C@@H](CO)C(C)C)n3)cn2)c1. The van der Waals surface area contributed by atoms with Crippen LogP contribution in [0.15, 0.2) is 48.9 Å². The van der Waals surface area contributed by atoms with Gasteiger partial charge in [-0.15, -0.1) is 0 Å². The van der Waals surface area contributed by atoms with Crippen LogP contribution in [-0.2, 0) is 0 Å². The van der Waals surface area contributed by atoms with E-state index < -0.39 is 0 Å². The van der Waals surface area contributed by atoms with Crippen molar-refractivity contribution in [3.05, 3.63) is 48.9 Å². The zero-order valence-electron chi connectivity index (χ0n) is 15.1. The zero-order valence-corrected chi connectivity index (χ0v) is 15.1. The minimum atomic E-state index is -0.0928. The number of ether oxygens (including phenoxy) is 1. The van der Waals surface area contributed by atoms with Gasteiger partial charge in [0.15, 0.2) is 0 Å². The highest BCUT2D eigenvalue weighted by molar-refractivity contribution is 5.59. The maximum Gasteiger partial charge on any atom is 0.223 e. The van der Waals surface area contributed by atoms with Crippen LogP contribution in [0, 0.1) is 5.92 Å². The van der Waals surface area contributed by atoms with Crippen molar-refractivity contribution < 1.29 is 9.84 Å². The van der Waals surface area contributed by atoms with Crippen molar-refractivity contribution in [2.24, 2.45) is 5.92 Å². The molecule has 2 N–H and O–H groups in total. The number of nitrogens with zero attached hydrogens (tertiary/aromatic N) is 4. The second-order valence-electron chi connectivity index (χ2n) is 6.32. The van der Waals surface area contributed by atoms with E-state index in [0.29, 0.717) is 5.95 Å². The third-order valence-corrected chi connectivity index (χ3v) is 4.17. The standard InChI is InChI=1S/C19H23N5O2/c1-13(2)18(12-25)23-19-20-8-7-17(22-19)14-10-21-24(11-14)15-5-4-6-16(9-15)26-3/h4-11,13,18,25H,12H2,1-3H3,(H,20,22,23)/t18-/m0/s1. The van der Waals surface area contributed by atoms with Crippen LogP contribution in [0.1, 0.15) is 13.8 Å². The lowest BCUT2D eigenvalue weighted by Gasteiger charge is -2.19. The summed E-state index contributed by atoms with van der Waals surface area (Å²) in [6, 6.07) is 9.43. The van der Waals surface area contributed by atoms with Gasteiger partial charge in [0.25, 0.3) is 0 Å². The van der Waals surface area contributed by atoms with Crippen molar-refractivity contribution in [3.63, 3.8) is 0 Å². The van der Waals surface area contributed by atoms with E-state index in [1.165, 1.54) is 0 Å². The molecule has 2 heterocycles. The molecule has 0 aliphatic carbocycles. The topological polar surface area (TPSA) is 85.1 Å². The average Bonchev–Trinajstić information content (AvgIpc) is 3.16. The third-order valence-electron chi connectivity index (χ3n) is 4.17. The van der Waals surface area contributed by atoms with Gasteiger partial charge in [0.1, 0.15) is 5.75 Å². The van der Waals surface area contributed by atoms with E-state index in [4.69, 9.17) is 4.74 Å². The van der Waals surface area contributed by atoms with Gasteiger partial charge in [-0.25, -0.2) is 14.6 Å². The summed E-state index contributed by atoms with van der Waals surface area (Å²) in [6.07, 6.45) is 5.37. The number of hydrogen-bond acceptors (Lipinski definition) is 6. The number of aliphatic hydroxyl groups excluding tert-OH is 1. The zero-order chi connectivity index (χ0) is 18.5. The summed E-state index contributed by atoms with van der Waals surface area (Å²) in [6.45, 7) is 4.10. The monoisotopic (exact) mass is 353 g/mol. The molecule has 0 bridgehead atoms. The van der Waals surface area contributed by atoms with Crippen LogP contribution < -0.4 is 10.1 Å². The molecule has 0 amide bonds. The normalized spacial score (nSPS) is 12.2. The van der Waals surface area contributed by atoms with Crippen LogP contribution in [0.25, 0.3) is 16.9 Å². The summed E-state index contributed by atoms with van der Waals surface area (Å²) in [5.41, 5.74) is 2.55. The molecule has 0 aliphatic heterocycles. The summed E-state index contributed by atoms with van der Waals surface area (Å²) in [5, 5.41) is 17.1. The Morgan fingerprint density at radius 3 is 2.85 bits per heavy atom. The predicted octanol–water partition coefficient (Wildman–Crippen LogP) is 2.77. The highest BCUT2D eigenvalue weighted by Gasteiger charge is 2.14. The van der Waals surface area contributed by atoms with E-state index in [9.17, 15) is 5.11 Å². The molecule has 7 heteroatoms. The predicted molar refractivity (Wildman–Crippen MR) is 100 cm³/mol. The maximum absolute atomic E-state index is 9.47. The molecule has 3 aromatic rings. The lowest BCUT2D eigenvalue weighted by Crippen LogP contribution is -2.30. The minimum absolute atomic E-state index is 0.0268. The number of nitrogens with one attached hydrogen (secondary N) is 1. The fraction of sp³-hybridized carbons (Fsp3) is 0.316. The highest BCUT2D eigenvalue weighted by Crippen LogP contribution is 2.21. The molecule has 1 aromatic carbocycles. The van der Waals surface area contributed by atoms with Crippen LogP contribution in [0.2, 0.25) is 0 Å². The van der Waals surface area contributed by atoms with Crippen molar-refractivity contribution >= 4 is 5.95 Å². The van der Waals surface area contributed by atoms with Gasteiger partial charge in [-0.2, -0.15) is 5.10 Å².